The number of benzene rings is 1. The van der Waals surface area contributed by atoms with Gasteiger partial charge in [0.25, 0.3) is 9.84 Å². The van der Waals surface area contributed by atoms with Crippen molar-refractivity contribution in [2.45, 2.75) is 16.8 Å². The molecule has 0 radical (unpaired) electrons. The highest BCUT2D eigenvalue weighted by molar-refractivity contribution is 7.92. The lowest BCUT2D eigenvalue weighted by Gasteiger charge is -2.10. The van der Waals surface area contributed by atoms with Crippen molar-refractivity contribution in [3.8, 4) is 0 Å². The largest absolute Gasteiger partial charge is 0.501 e. The van der Waals surface area contributed by atoms with Gasteiger partial charge >= 0.3 is 5.51 Å². The van der Waals surface area contributed by atoms with Gasteiger partial charge in [-0.1, -0.05) is 0 Å². The molecule has 0 unspecified atom stereocenters. The molecule has 0 aliphatic rings. The summed E-state index contributed by atoms with van der Waals surface area (Å²) >= 11 is 0. The predicted molar refractivity (Wildman–Crippen MR) is 70.7 cm³/mol. The summed E-state index contributed by atoms with van der Waals surface area (Å²) in [4.78, 5) is -0.785. The summed E-state index contributed by atoms with van der Waals surface area (Å²) in [5, 5.41) is 11.4. The van der Waals surface area contributed by atoms with Gasteiger partial charge in [-0.3, -0.25) is 0 Å². The van der Waals surface area contributed by atoms with Crippen LogP contribution in [0.15, 0.2) is 29.2 Å². The molecule has 120 valence electrons. The monoisotopic (exact) mass is 327 g/mol. The maximum Gasteiger partial charge on any atom is 0.501 e. The zero-order valence-corrected chi connectivity index (χ0v) is 11.9. The van der Waals surface area contributed by atoms with E-state index in [1.54, 1.807) is 0 Å². The molecule has 0 heterocycles. The second kappa shape index (κ2) is 7.62. The van der Waals surface area contributed by atoms with Gasteiger partial charge in [0.1, 0.15) is 0 Å². The van der Waals surface area contributed by atoms with Crippen LogP contribution in [0, 0.1) is 0 Å². The molecule has 0 saturated carbocycles. The fourth-order valence-electron chi connectivity index (χ4n) is 1.46. The van der Waals surface area contributed by atoms with E-state index in [0.29, 0.717) is 25.3 Å². The standard InChI is InChI=1S/C12H16F3NO4S/c13-12(14,15)21(18,19)11-4-2-10(3-5-11)16-6-1-8-20-9-7-17/h2-5,16-17H,1,6-9H2. The Labute approximate surface area is 120 Å². The number of nitrogens with one attached hydrogen (secondary N) is 1. The lowest BCUT2D eigenvalue weighted by molar-refractivity contribution is -0.0436. The number of alkyl halides is 3. The molecule has 1 aromatic rings. The third kappa shape index (κ3) is 5.18. The van der Waals surface area contributed by atoms with Gasteiger partial charge in [-0.2, -0.15) is 13.2 Å². The Morgan fingerprint density at radius 1 is 1.14 bits per heavy atom. The molecule has 0 bridgehead atoms. The molecule has 1 aromatic carbocycles. The topological polar surface area (TPSA) is 75.6 Å². The highest BCUT2D eigenvalue weighted by Gasteiger charge is 2.46. The summed E-state index contributed by atoms with van der Waals surface area (Å²) in [6.07, 6.45) is 0.641. The van der Waals surface area contributed by atoms with E-state index in [1.165, 1.54) is 12.1 Å². The van der Waals surface area contributed by atoms with Crippen molar-refractivity contribution in [2.24, 2.45) is 0 Å². The predicted octanol–water partition coefficient (Wildman–Crippen LogP) is 1.79. The molecular formula is C12H16F3NO4S. The van der Waals surface area contributed by atoms with Crippen molar-refractivity contribution >= 4 is 15.5 Å². The summed E-state index contributed by atoms with van der Waals surface area (Å²) in [6, 6.07) is 4.36. The van der Waals surface area contributed by atoms with Crippen molar-refractivity contribution in [2.75, 3.05) is 31.7 Å². The number of halogens is 3. The van der Waals surface area contributed by atoms with Gasteiger partial charge in [0.05, 0.1) is 18.1 Å². The first-order valence-electron chi connectivity index (χ1n) is 6.13. The van der Waals surface area contributed by atoms with Crippen molar-refractivity contribution < 1.29 is 31.4 Å². The molecule has 0 atom stereocenters. The maximum atomic E-state index is 12.3. The zero-order chi connectivity index (χ0) is 15.9. The Kier molecular flexibility index (Phi) is 6.43. The fourth-order valence-corrected chi connectivity index (χ4v) is 2.22. The molecule has 0 spiro atoms. The fraction of sp³-hybridized carbons (Fsp3) is 0.500. The van der Waals surface area contributed by atoms with Gasteiger partial charge in [0, 0.05) is 18.8 Å². The van der Waals surface area contributed by atoms with Crippen molar-refractivity contribution in [1.29, 1.82) is 0 Å². The molecule has 0 amide bonds. The summed E-state index contributed by atoms with van der Waals surface area (Å²) in [5.41, 5.74) is -4.79. The summed E-state index contributed by atoms with van der Waals surface area (Å²) < 4.78 is 64.3. The van der Waals surface area contributed by atoms with Crippen LogP contribution in [-0.2, 0) is 14.6 Å². The summed E-state index contributed by atoms with van der Waals surface area (Å²) in [6.45, 7) is 1.15. The molecule has 0 fully saturated rings. The minimum atomic E-state index is -5.30. The minimum absolute atomic E-state index is 0.0530. The van der Waals surface area contributed by atoms with Gasteiger partial charge in [0.2, 0.25) is 0 Å². The molecular weight excluding hydrogens is 311 g/mol. The van der Waals surface area contributed by atoms with Gasteiger partial charge in [-0.25, -0.2) is 8.42 Å². The Morgan fingerprint density at radius 3 is 2.29 bits per heavy atom. The van der Waals surface area contributed by atoms with E-state index < -0.39 is 20.2 Å². The van der Waals surface area contributed by atoms with Crippen LogP contribution in [-0.4, -0.2) is 45.4 Å². The van der Waals surface area contributed by atoms with Crippen LogP contribution in [0.4, 0.5) is 18.9 Å². The van der Waals surface area contributed by atoms with Crippen LogP contribution >= 0.6 is 0 Å². The van der Waals surface area contributed by atoms with Gasteiger partial charge in [-0.05, 0) is 30.7 Å². The van der Waals surface area contributed by atoms with E-state index in [4.69, 9.17) is 9.84 Å². The molecule has 21 heavy (non-hydrogen) atoms. The van der Waals surface area contributed by atoms with Crippen LogP contribution < -0.4 is 5.32 Å². The van der Waals surface area contributed by atoms with E-state index in [-0.39, 0.29) is 13.2 Å². The lowest BCUT2D eigenvalue weighted by atomic mass is 10.3. The second-order valence-corrected chi connectivity index (χ2v) is 6.03. The molecule has 9 heteroatoms. The van der Waals surface area contributed by atoms with Crippen LogP contribution in [0.25, 0.3) is 0 Å². The Bertz CT molecular complexity index is 528. The quantitative estimate of drug-likeness (QED) is 0.712. The average Bonchev–Trinajstić information content (AvgIpc) is 2.42. The van der Waals surface area contributed by atoms with Crippen molar-refractivity contribution in [3.63, 3.8) is 0 Å². The highest BCUT2D eigenvalue weighted by Crippen LogP contribution is 2.30. The normalized spacial score (nSPS) is 12.4. The SMILES string of the molecule is O=S(=O)(c1ccc(NCCCOCCO)cc1)C(F)(F)F. The number of aliphatic hydroxyl groups excluding tert-OH is 1. The third-order valence-corrected chi connectivity index (χ3v) is 4.00. The molecule has 0 aromatic heterocycles. The lowest BCUT2D eigenvalue weighted by Crippen LogP contribution is -2.23. The third-order valence-electron chi connectivity index (χ3n) is 2.50. The van der Waals surface area contributed by atoms with Gasteiger partial charge < -0.3 is 15.2 Å². The van der Waals surface area contributed by atoms with E-state index in [1.807, 2.05) is 0 Å². The average molecular weight is 327 g/mol. The van der Waals surface area contributed by atoms with E-state index in [9.17, 15) is 21.6 Å². The Balaban J connectivity index is 2.52. The van der Waals surface area contributed by atoms with Crippen LogP contribution in [0.5, 0.6) is 0 Å². The van der Waals surface area contributed by atoms with Crippen LogP contribution in [0.2, 0.25) is 0 Å². The summed E-state index contributed by atoms with van der Waals surface area (Å²) in [7, 11) is -5.30. The zero-order valence-electron chi connectivity index (χ0n) is 11.1. The number of aliphatic hydroxyl groups is 1. The molecule has 2 N–H and O–H groups in total. The minimum Gasteiger partial charge on any atom is -0.394 e. The maximum absolute atomic E-state index is 12.3. The highest BCUT2D eigenvalue weighted by atomic mass is 32.2. The Hall–Kier alpha value is -1.32. The number of rotatable bonds is 8. The molecule has 0 aliphatic carbocycles. The number of ether oxygens (including phenoxy) is 1. The molecule has 0 aliphatic heterocycles. The number of sulfone groups is 1. The van der Waals surface area contributed by atoms with E-state index in [0.717, 1.165) is 12.1 Å². The number of anilines is 1. The van der Waals surface area contributed by atoms with Gasteiger partial charge in [0.15, 0.2) is 0 Å². The first kappa shape index (κ1) is 17.7. The van der Waals surface area contributed by atoms with E-state index >= 15 is 0 Å². The number of hydrogen-bond acceptors (Lipinski definition) is 5. The first-order valence-corrected chi connectivity index (χ1v) is 7.61. The van der Waals surface area contributed by atoms with Gasteiger partial charge in [-0.15, -0.1) is 0 Å². The van der Waals surface area contributed by atoms with E-state index in [2.05, 4.69) is 5.32 Å². The first-order chi connectivity index (χ1) is 9.79. The molecule has 5 nitrogen and oxygen atoms in total. The van der Waals surface area contributed by atoms with Crippen LogP contribution in [0.3, 0.4) is 0 Å². The smallest absolute Gasteiger partial charge is 0.394 e. The number of hydrogen-bond donors (Lipinski definition) is 2. The van der Waals surface area contributed by atoms with Crippen molar-refractivity contribution in [1.82, 2.24) is 0 Å². The second-order valence-electron chi connectivity index (χ2n) is 4.09. The summed E-state index contributed by atoms with van der Waals surface area (Å²) in [5.74, 6) is 0. The van der Waals surface area contributed by atoms with Crippen molar-refractivity contribution in [3.05, 3.63) is 24.3 Å². The molecule has 1 rings (SSSR count). The van der Waals surface area contributed by atoms with Crippen LogP contribution in [0.1, 0.15) is 6.42 Å². The Morgan fingerprint density at radius 2 is 1.76 bits per heavy atom. The molecule has 0 saturated heterocycles.